The first kappa shape index (κ1) is 16.4. The monoisotopic (exact) mass is 323 g/mol. The molecule has 1 atom stereocenters. The first-order valence-electron chi connectivity index (χ1n) is 7.17. The molecule has 0 aliphatic carbocycles. The molecule has 1 amide bonds. The molecule has 1 N–H and O–H groups in total. The Kier molecular flexibility index (Phi) is 5.83. The van der Waals surface area contributed by atoms with Crippen LogP contribution in [0, 0.1) is 5.82 Å². The number of ether oxygens (including phenoxy) is 1. The minimum absolute atomic E-state index is 0.286. The number of halogens is 1. The molecule has 5 nitrogen and oxygen atoms in total. The maximum absolute atomic E-state index is 12.9. The Morgan fingerprint density at radius 1 is 1.32 bits per heavy atom. The Morgan fingerprint density at radius 3 is 2.68 bits per heavy atom. The van der Waals surface area contributed by atoms with Crippen molar-refractivity contribution in [2.75, 3.05) is 5.32 Å². The van der Waals surface area contributed by atoms with Crippen molar-refractivity contribution in [2.45, 2.75) is 39.2 Å². The zero-order valence-electron chi connectivity index (χ0n) is 12.5. The van der Waals surface area contributed by atoms with Crippen molar-refractivity contribution < 1.29 is 13.9 Å². The molecule has 1 heterocycles. The summed E-state index contributed by atoms with van der Waals surface area (Å²) in [5, 5.41) is 12.0. The fourth-order valence-corrected chi connectivity index (χ4v) is 2.65. The Hall–Kier alpha value is -2.02. The van der Waals surface area contributed by atoms with E-state index in [0.29, 0.717) is 17.3 Å². The number of aromatic nitrogens is 2. The molecule has 0 unspecified atom stereocenters. The van der Waals surface area contributed by atoms with Crippen molar-refractivity contribution in [3.63, 3.8) is 0 Å². The summed E-state index contributed by atoms with van der Waals surface area (Å²) in [5.41, 5.74) is 0. The van der Waals surface area contributed by atoms with Gasteiger partial charge in [-0.25, -0.2) is 4.39 Å². The SMILES string of the molecule is CCCc1nnc(NC(=O)[C@@H](CC)Oc2ccc(F)cc2)s1. The standard InChI is InChI=1S/C15H18FN3O2S/c1-3-5-13-18-19-15(22-13)17-14(20)12(4-2)21-11-8-6-10(16)7-9-11/h6-9,12H,3-5H2,1-2H3,(H,17,19,20)/t12-/m1/s1. The maximum Gasteiger partial charge on any atom is 0.267 e. The van der Waals surface area contributed by atoms with Crippen LogP contribution in [0.3, 0.4) is 0 Å². The van der Waals surface area contributed by atoms with Crippen LogP contribution in [0.2, 0.25) is 0 Å². The zero-order valence-corrected chi connectivity index (χ0v) is 13.3. The molecule has 0 spiro atoms. The van der Waals surface area contributed by atoms with Crippen molar-refractivity contribution >= 4 is 22.4 Å². The average Bonchev–Trinajstić information content (AvgIpc) is 2.94. The second-order valence-corrected chi connectivity index (χ2v) is 5.77. The molecule has 0 fully saturated rings. The third kappa shape index (κ3) is 4.49. The highest BCUT2D eigenvalue weighted by Crippen LogP contribution is 2.19. The lowest BCUT2D eigenvalue weighted by Crippen LogP contribution is -2.32. The fraction of sp³-hybridized carbons (Fsp3) is 0.400. The number of nitrogens with zero attached hydrogens (tertiary/aromatic N) is 2. The second kappa shape index (κ2) is 7.84. The number of carbonyl (C=O) groups is 1. The van der Waals surface area contributed by atoms with Gasteiger partial charge in [-0.2, -0.15) is 0 Å². The highest BCUT2D eigenvalue weighted by Gasteiger charge is 2.20. The van der Waals surface area contributed by atoms with E-state index in [1.54, 1.807) is 0 Å². The number of hydrogen-bond donors (Lipinski definition) is 1. The molecule has 0 saturated heterocycles. The number of anilines is 1. The van der Waals surface area contributed by atoms with Crippen LogP contribution >= 0.6 is 11.3 Å². The van der Waals surface area contributed by atoms with Crippen molar-refractivity contribution in [2.24, 2.45) is 0 Å². The first-order chi connectivity index (χ1) is 10.6. The summed E-state index contributed by atoms with van der Waals surface area (Å²) in [4.78, 5) is 12.2. The quantitative estimate of drug-likeness (QED) is 0.848. The number of rotatable bonds is 7. The second-order valence-electron chi connectivity index (χ2n) is 4.71. The molecule has 0 aliphatic heterocycles. The van der Waals surface area contributed by atoms with Crippen LogP contribution in [0.15, 0.2) is 24.3 Å². The van der Waals surface area contributed by atoms with Gasteiger partial charge in [0, 0.05) is 6.42 Å². The van der Waals surface area contributed by atoms with E-state index in [0.717, 1.165) is 17.8 Å². The van der Waals surface area contributed by atoms with E-state index in [4.69, 9.17) is 4.74 Å². The highest BCUT2D eigenvalue weighted by atomic mass is 32.1. The van der Waals surface area contributed by atoms with Gasteiger partial charge in [-0.05, 0) is 37.1 Å². The lowest BCUT2D eigenvalue weighted by Gasteiger charge is -2.16. The number of benzene rings is 1. The number of amides is 1. The van der Waals surface area contributed by atoms with Crippen molar-refractivity contribution in [3.8, 4) is 5.75 Å². The summed E-state index contributed by atoms with van der Waals surface area (Å²) in [7, 11) is 0. The normalized spacial score (nSPS) is 12.0. The Morgan fingerprint density at radius 2 is 2.05 bits per heavy atom. The summed E-state index contributed by atoms with van der Waals surface area (Å²) in [6, 6.07) is 5.58. The van der Waals surface area contributed by atoms with Gasteiger partial charge >= 0.3 is 0 Å². The van der Waals surface area contributed by atoms with E-state index in [1.165, 1.54) is 35.6 Å². The molecule has 0 radical (unpaired) electrons. The molecule has 7 heteroatoms. The zero-order chi connectivity index (χ0) is 15.9. The van der Waals surface area contributed by atoms with Crippen molar-refractivity contribution in [1.82, 2.24) is 10.2 Å². The molecule has 1 aromatic heterocycles. The number of carbonyl (C=O) groups excluding carboxylic acids is 1. The molecular weight excluding hydrogens is 305 g/mol. The van der Waals surface area contributed by atoms with Gasteiger partial charge in [-0.1, -0.05) is 25.2 Å². The Bertz CT molecular complexity index is 616. The van der Waals surface area contributed by atoms with Gasteiger partial charge < -0.3 is 4.74 Å². The third-order valence-electron chi connectivity index (χ3n) is 2.92. The van der Waals surface area contributed by atoms with Crippen LogP contribution in [-0.2, 0) is 11.2 Å². The largest absolute Gasteiger partial charge is 0.481 e. The van der Waals surface area contributed by atoms with Crippen LogP contribution in [0.5, 0.6) is 5.75 Å². The van der Waals surface area contributed by atoms with E-state index in [1.807, 2.05) is 6.92 Å². The predicted molar refractivity (Wildman–Crippen MR) is 83.6 cm³/mol. The molecule has 0 saturated carbocycles. The van der Waals surface area contributed by atoms with Gasteiger partial charge in [0.2, 0.25) is 5.13 Å². The van der Waals surface area contributed by atoms with Gasteiger partial charge in [0.1, 0.15) is 16.6 Å². The van der Waals surface area contributed by atoms with E-state index < -0.39 is 6.10 Å². The minimum atomic E-state index is -0.663. The van der Waals surface area contributed by atoms with E-state index >= 15 is 0 Å². The summed E-state index contributed by atoms with van der Waals surface area (Å²) in [6.07, 6.45) is 1.65. The van der Waals surface area contributed by atoms with Gasteiger partial charge in [-0.3, -0.25) is 10.1 Å². The minimum Gasteiger partial charge on any atom is -0.481 e. The summed E-state index contributed by atoms with van der Waals surface area (Å²) < 4.78 is 18.5. The molecule has 1 aromatic carbocycles. The van der Waals surface area contributed by atoms with Crippen LogP contribution in [-0.4, -0.2) is 22.2 Å². The summed E-state index contributed by atoms with van der Waals surface area (Å²) in [6.45, 7) is 3.90. The van der Waals surface area contributed by atoms with Gasteiger partial charge in [0.15, 0.2) is 6.10 Å². The average molecular weight is 323 g/mol. The van der Waals surface area contributed by atoms with Crippen LogP contribution in [0.4, 0.5) is 9.52 Å². The lowest BCUT2D eigenvalue weighted by atomic mass is 10.2. The van der Waals surface area contributed by atoms with Crippen molar-refractivity contribution in [1.29, 1.82) is 0 Å². The van der Waals surface area contributed by atoms with Gasteiger partial charge in [-0.15, -0.1) is 10.2 Å². The van der Waals surface area contributed by atoms with Gasteiger partial charge in [0.05, 0.1) is 0 Å². The lowest BCUT2D eigenvalue weighted by molar-refractivity contribution is -0.122. The number of nitrogens with one attached hydrogen (secondary N) is 1. The number of hydrogen-bond acceptors (Lipinski definition) is 5. The summed E-state index contributed by atoms with van der Waals surface area (Å²) in [5.74, 6) is -0.180. The predicted octanol–water partition coefficient (Wildman–Crippen LogP) is 3.43. The van der Waals surface area contributed by atoms with Crippen LogP contribution in [0.25, 0.3) is 0 Å². The Labute approximate surface area is 132 Å². The topological polar surface area (TPSA) is 64.1 Å². The number of aryl methyl sites for hydroxylation is 1. The molecule has 0 aliphatic rings. The highest BCUT2D eigenvalue weighted by molar-refractivity contribution is 7.15. The van der Waals surface area contributed by atoms with E-state index in [2.05, 4.69) is 22.4 Å². The van der Waals surface area contributed by atoms with Gasteiger partial charge in [0.25, 0.3) is 5.91 Å². The van der Waals surface area contributed by atoms with Crippen LogP contribution in [0.1, 0.15) is 31.7 Å². The molecular formula is C15H18FN3O2S. The smallest absolute Gasteiger partial charge is 0.267 e. The fourth-order valence-electron chi connectivity index (χ4n) is 1.80. The van der Waals surface area contributed by atoms with E-state index in [9.17, 15) is 9.18 Å². The molecule has 2 rings (SSSR count). The molecule has 2 aromatic rings. The Balaban J connectivity index is 1.97. The van der Waals surface area contributed by atoms with Crippen LogP contribution < -0.4 is 10.1 Å². The third-order valence-corrected chi connectivity index (χ3v) is 3.81. The first-order valence-corrected chi connectivity index (χ1v) is 7.99. The van der Waals surface area contributed by atoms with E-state index in [-0.39, 0.29) is 11.7 Å². The molecule has 22 heavy (non-hydrogen) atoms. The maximum atomic E-state index is 12.9. The molecule has 118 valence electrons. The summed E-state index contributed by atoms with van der Waals surface area (Å²) >= 11 is 1.36. The van der Waals surface area contributed by atoms with Crippen molar-refractivity contribution in [3.05, 3.63) is 35.1 Å². The molecule has 0 bridgehead atoms.